The fourth-order valence-corrected chi connectivity index (χ4v) is 2.93. The van der Waals surface area contributed by atoms with E-state index in [-0.39, 0.29) is 13.2 Å². The van der Waals surface area contributed by atoms with Crippen molar-refractivity contribution in [2.45, 2.75) is 71.2 Å². The zero-order chi connectivity index (χ0) is 22.7. The van der Waals surface area contributed by atoms with Gasteiger partial charge in [0.2, 0.25) is 0 Å². The van der Waals surface area contributed by atoms with Crippen LogP contribution in [-0.2, 0) is 47.6 Å². The summed E-state index contributed by atoms with van der Waals surface area (Å²) < 4.78 is 32.3. The lowest BCUT2D eigenvalue weighted by Gasteiger charge is -2.44. The van der Waals surface area contributed by atoms with Crippen molar-refractivity contribution in [3.05, 3.63) is 0 Å². The Bertz CT molecular complexity index is 683. The molecule has 0 N–H and O–H groups in total. The summed E-state index contributed by atoms with van der Waals surface area (Å²) in [6, 6.07) is 0. The number of rotatable bonds is 9. The zero-order valence-corrected chi connectivity index (χ0v) is 18.8. The fraction of sp³-hybridized carbons (Fsp3) is 0.684. The standard InChI is InChI=1S/C19H25BrO10/c1-11(21)26-10-15-16(27-12(2)22)17(28-13(3)23)18(29-14(4)24)19(30-15)25-9-7-5-6-8-20/h15-19H,5,7,9-10H2,1-4H3/t15-,16-,17+,18-,19-/m1/s1. The molecule has 11 heteroatoms. The molecule has 0 aromatic carbocycles. The van der Waals surface area contributed by atoms with E-state index in [9.17, 15) is 19.2 Å². The molecule has 1 rings (SSSR count). The molecule has 1 aliphatic rings. The first kappa shape index (κ1) is 25.9. The molecule has 10 nitrogen and oxygen atoms in total. The second kappa shape index (κ2) is 13.2. The Kier molecular flexibility index (Phi) is 11.4. The van der Waals surface area contributed by atoms with E-state index in [4.69, 9.17) is 28.4 Å². The van der Waals surface area contributed by atoms with Crippen molar-refractivity contribution in [1.29, 1.82) is 0 Å². The van der Waals surface area contributed by atoms with E-state index < -0.39 is 54.6 Å². The summed E-state index contributed by atoms with van der Waals surface area (Å²) in [5.41, 5.74) is 0. The lowest BCUT2D eigenvalue weighted by Crippen LogP contribution is -2.63. The van der Waals surface area contributed by atoms with Crippen LogP contribution >= 0.6 is 15.9 Å². The van der Waals surface area contributed by atoms with Crippen LogP contribution < -0.4 is 0 Å². The van der Waals surface area contributed by atoms with E-state index in [0.717, 1.165) is 13.8 Å². The van der Waals surface area contributed by atoms with Gasteiger partial charge in [-0.1, -0.05) is 5.92 Å². The third-order valence-electron chi connectivity index (χ3n) is 3.74. The van der Waals surface area contributed by atoms with Gasteiger partial charge in [-0.05, 0) is 11.3 Å². The first-order valence-electron chi connectivity index (χ1n) is 9.16. The molecule has 0 radical (unpaired) electrons. The van der Waals surface area contributed by atoms with Crippen LogP contribution in [0.25, 0.3) is 0 Å². The normalized spacial score (nSPS) is 25.3. The van der Waals surface area contributed by atoms with Gasteiger partial charge in [0, 0.05) is 50.0 Å². The highest BCUT2D eigenvalue weighted by Gasteiger charge is 2.52. The van der Waals surface area contributed by atoms with Crippen molar-refractivity contribution in [1.82, 2.24) is 0 Å². The minimum Gasteiger partial charge on any atom is -0.463 e. The summed E-state index contributed by atoms with van der Waals surface area (Å²) >= 11 is 2.99. The molecule has 0 aliphatic carbocycles. The summed E-state index contributed by atoms with van der Waals surface area (Å²) in [6.07, 6.45) is -4.76. The third kappa shape index (κ3) is 9.11. The van der Waals surface area contributed by atoms with E-state index >= 15 is 0 Å². The maximum atomic E-state index is 11.7. The highest BCUT2D eigenvalue weighted by molar-refractivity contribution is 9.12. The average Bonchev–Trinajstić information content (AvgIpc) is 2.63. The first-order chi connectivity index (χ1) is 14.1. The number of carbonyl (C=O) groups is 4. The van der Waals surface area contributed by atoms with Crippen LogP contribution in [0.4, 0.5) is 0 Å². The van der Waals surface area contributed by atoms with Gasteiger partial charge in [-0.25, -0.2) is 0 Å². The molecule has 1 saturated heterocycles. The SMILES string of the molecule is CC(=O)OC[C@H]1O[C@@H](OCCCC#CBr)[C@H](OC(C)=O)[C@@H](OC(C)=O)[C@@H]1OC(C)=O. The van der Waals surface area contributed by atoms with Gasteiger partial charge in [-0.3, -0.25) is 19.2 Å². The molecular formula is C19H25BrO10. The number of ether oxygens (including phenoxy) is 6. The molecule has 0 amide bonds. The molecule has 1 aliphatic heterocycles. The van der Waals surface area contributed by atoms with Gasteiger partial charge in [0.05, 0.1) is 6.61 Å². The second-order valence-corrected chi connectivity index (χ2v) is 6.71. The van der Waals surface area contributed by atoms with Crippen LogP contribution in [0, 0.1) is 10.8 Å². The lowest BCUT2D eigenvalue weighted by molar-refractivity contribution is -0.308. The lowest BCUT2D eigenvalue weighted by atomic mass is 9.98. The van der Waals surface area contributed by atoms with E-state index in [1.165, 1.54) is 13.8 Å². The molecule has 5 atom stereocenters. The Morgan fingerprint density at radius 1 is 0.867 bits per heavy atom. The predicted molar refractivity (Wildman–Crippen MR) is 104 cm³/mol. The van der Waals surface area contributed by atoms with E-state index in [0.29, 0.717) is 12.8 Å². The topological polar surface area (TPSA) is 124 Å². The number of carbonyl (C=O) groups excluding carboxylic acids is 4. The maximum absolute atomic E-state index is 11.7. The minimum absolute atomic E-state index is 0.190. The monoisotopic (exact) mass is 492 g/mol. The quantitative estimate of drug-likeness (QED) is 0.201. The molecule has 0 aromatic rings. The molecule has 0 aromatic heterocycles. The summed E-state index contributed by atoms with van der Waals surface area (Å²) in [6.45, 7) is 4.57. The Balaban J connectivity index is 3.16. The molecule has 1 heterocycles. The van der Waals surface area contributed by atoms with Crippen molar-refractivity contribution in [3.8, 4) is 10.8 Å². The van der Waals surface area contributed by atoms with Crippen molar-refractivity contribution in [3.63, 3.8) is 0 Å². The van der Waals surface area contributed by atoms with E-state index in [1.54, 1.807) is 0 Å². The summed E-state index contributed by atoms with van der Waals surface area (Å²) in [4.78, 5) is 48.8. The molecule has 0 saturated carbocycles. The Morgan fingerprint density at radius 2 is 1.43 bits per heavy atom. The molecule has 30 heavy (non-hydrogen) atoms. The van der Waals surface area contributed by atoms with Gasteiger partial charge in [-0.15, -0.1) is 0 Å². The van der Waals surface area contributed by atoms with Crippen molar-refractivity contribution >= 4 is 39.8 Å². The van der Waals surface area contributed by atoms with Crippen LogP contribution in [0.1, 0.15) is 40.5 Å². The average molecular weight is 493 g/mol. The largest absolute Gasteiger partial charge is 0.463 e. The van der Waals surface area contributed by atoms with Crippen molar-refractivity contribution < 1.29 is 47.6 Å². The van der Waals surface area contributed by atoms with Crippen molar-refractivity contribution in [2.24, 2.45) is 0 Å². The number of hydrogen-bond acceptors (Lipinski definition) is 10. The molecule has 168 valence electrons. The second-order valence-electron chi connectivity index (χ2n) is 6.31. The number of halogens is 1. The highest BCUT2D eigenvalue weighted by Crippen LogP contribution is 2.30. The van der Waals surface area contributed by atoms with Gasteiger partial charge in [0.25, 0.3) is 0 Å². The summed E-state index contributed by atoms with van der Waals surface area (Å²) in [5, 5.41) is 0. The van der Waals surface area contributed by atoms with E-state index in [1.807, 2.05) is 0 Å². The Labute approximate surface area is 182 Å². The molecule has 0 unspecified atom stereocenters. The third-order valence-corrected chi connectivity index (χ3v) is 4.02. The van der Waals surface area contributed by atoms with Crippen LogP contribution in [-0.4, -0.2) is 67.8 Å². The molecule has 1 fully saturated rings. The van der Waals surface area contributed by atoms with Crippen LogP contribution in [0.2, 0.25) is 0 Å². The fourth-order valence-electron chi connectivity index (χ4n) is 2.73. The number of esters is 4. The van der Waals surface area contributed by atoms with Crippen LogP contribution in [0.5, 0.6) is 0 Å². The Hall–Kier alpha value is -2.16. The zero-order valence-electron chi connectivity index (χ0n) is 17.2. The van der Waals surface area contributed by atoms with Crippen LogP contribution in [0.15, 0.2) is 0 Å². The van der Waals surface area contributed by atoms with Gasteiger partial charge in [0.15, 0.2) is 24.6 Å². The van der Waals surface area contributed by atoms with Crippen LogP contribution in [0.3, 0.4) is 0 Å². The number of unbranched alkanes of at least 4 members (excludes halogenated alkanes) is 1. The summed E-state index contributed by atoms with van der Waals surface area (Å²) in [5.74, 6) is 0.152. The van der Waals surface area contributed by atoms with Crippen molar-refractivity contribution in [2.75, 3.05) is 13.2 Å². The molecule has 0 bridgehead atoms. The smallest absolute Gasteiger partial charge is 0.303 e. The Morgan fingerprint density at radius 3 is 1.97 bits per heavy atom. The molecular weight excluding hydrogens is 468 g/mol. The predicted octanol–water partition coefficient (Wildman–Crippen LogP) is 1.22. The van der Waals surface area contributed by atoms with E-state index in [2.05, 4.69) is 26.7 Å². The number of hydrogen-bond donors (Lipinski definition) is 0. The highest BCUT2D eigenvalue weighted by atomic mass is 79.9. The molecule has 0 spiro atoms. The van der Waals surface area contributed by atoms with Gasteiger partial charge < -0.3 is 28.4 Å². The van der Waals surface area contributed by atoms with Gasteiger partial charge in [-0.2, -0.15) is 0 Å². The maximum Gasteiger partial charge on any atom is 0.303 e. The minimum atomic E-state index is -1.24. The van der Waals surface area contributed by atoms with Gasteiger partial charge >= 0.3 is 23.9 Å². The summed E-state index contributed by atoms with van der Waals surface area (Å²) in [7, 11) is 0. The van der Waals surface area contributed by atoms with Gasteiger partial charge in [0.1, 0.15) is 12.7 Å². The first-order valence-corrected chi connectivity index (χ1v) is 9.95.